The van der Waals surface area contributed by atoms with E-state index < -0.39 is 7.81 Å². The summed E-state index contributed by atoms with van der Waals surface area (Å²) in [5.74, 6) is 0. The topological polar surface area (TPSA) is 8.81 Å². The van der Waals surface area contributed by atoms with Crippen molar-refractivity contribution in [2.24, 2.45) is 14.1 Å². The summed E-state index contributed by atoms with van der Waals surface area (Å²) in [6.45, 7) is 0. The van der Waals surface area contributed by atoms with Crippen molar-refractivity contribution in [1.82, 2.24) is 4.57 Å². The van der Waals surface area contributed by atoms with Crippen molar-refractivity contribution >= 4 is 7.81 Å². The van der Waals surface area contributed by atoms with Crippen LogP contribution in [0.3, 0.4) is 0 Å². The van der Waals surface area contributed by atoms with E-state index in [1.54, 1.807) is 26.5 Å². The molecule has 15 heavy (non-hydrogen) atoms. The zero-order valence-corrected chi connectivity index (χ0v) is 8.54. The minimum absolute atomic E-state index is 0.231. The maximum atomic E-state index is 12.4. The average molecular weight is 260 g/mol. The van der Waals surface area contributed by atoms with Crippen LogP contribution in [-0.2, 0) is 14.1 Å². The Bertz CT molecular complexity index is 319. The second kappa shape index (κ2) is 3.07. The molecule has 0 saturated carbocycles. The Kier molecular flexibility index (Phi) is 2.90. The summed E-state index contributed by atoms with van der Waals surface area (Å²) in [6, 6.07) is 0. The van der Waals surface area contributed by atoms with Crippen molar-refractivity contribution in [1.29, 1.82) is 0 Å². The molecule has 0 fully saturated rings. The molecule has 1 heterocycles. The quantitative estimate of drug-likeness (QED) is 0.384. The number of nitrogens with zero attached hydrogens (tertiary/aromatic N) is 2. The van der Waals surface area contributed by atoms with Crippen LogP contribution < -0.4 is 4.57 Å². The molecule has 92 valence electrons. The Morgan fingerprint density at radius 1 is 1.13 bits per heavy atom. The second-order valence-corrected chi connectivity index (χ2v) is 4.66. The molecular weight excluding hydrogens is 252 g/mol. The number of hydrogen-bond acceptors (Lipinski definition) is 0. The first kappa shape index (κ1) is 14.1. The predicted molar refractivity (Wildman–Crippen MR) is 40.1 cm³/mol. The summed E-state index contributed by atoms with van der Waals surface area (Å²) < 4.78 is 74.4. The Labute approximate surface area is 80.2 Å². The first-order valence-corrected chi connectivity index (χ1v) is 5.42. The number of imidazole rings is 1. The van der Waals surface area contributed by atoms with E-state index in [9.17, 15) is 29.6 Å². The van der Waals surface area contributed by atoms with Crippen LogP contribution in [0.1, 0.15) is 0 Å². The Balaban J connectivity index is 0.000000265. The standard InChI is InChI=1S/C5H8FN2.F6P/c1-7-3-4-8(2)5(7)6;1-7(2,3,4,5)6/h3-4H,1-2H3;/q+1;-1. The van der Waals surface area contributed by atoms with E-state index in [0.29, 0.717) is 0 Å². The number of hydrogen-bond donors (Lipinski definition) is 0. The van der Waals surface area contributed by atoms with E-state index in [1.165, 1.54) is 9.13 Å². The van der Waals surface area contributed by atoms with E-state index >= 15 is 0 Å². The second-order valence-electron chi connectivity index (χ2n) is 2.75. The van der Waals surface area contributed by atoms with E-state index in [2.05, 4.69) is 0 Å². The zero-order chi connectivity index (χ0) is 12.6. The molecule has 0 amide bonds. The van der Waals surface area contributed by atoms with Gasteiger partial charge in [0.05, 0.1) is 14.1 Å². The predicted octanol–water partition coefficient (Wildman–Crippen LogP) is 3.37. The van der Waals surface area contributed by atoms with E-state index in [1.807, 2.05) is 0 Å². The third-order valence-corrected chi connectivity index (χ3v) is 1.10. The van der Waals surface area contributed by atoms with Gasteiger partial charge in [-0.15, -0.1) is 4.39 Å². The molecule has 10 heteroatoms. The van der Waals surface area contributed by atoms with Gasteiger partial charge in [-0.05, 0) is 0 Å². The molecule has 1 aromatic heterocycles. The SMILES string of the molecule is Cn1cc[n+](C)c1F.F[P-](F)(F)(F)(F)F. The van der Waals surface area contributed by atoms with E-state index in [0.717, 1.165) is 0 Å². The summed E-state index contributed by atoms with van der Waals surface area (Å²) in [6.07, 6.45) is 3.09. The zero-order valence-electron chi connectivity index (χ0n) is 7.64. The van der Waals surface area contributed by atoms with Crippen LogP contribution in [0.2, 0.25) is 0 Å². The summed E-state index contributed by atoms with van der Waals surface area (Å²) in [5.41, 5.74) is 0. The number of rotatable bonds is 0. The third kappa shape index (κ3) is 11.1. The van der Waals surface area contributed by atoms with Gasteiger partial charge >= 0.3 is 39.1 Å². The van der Waals surface area contributed by atoms with Crippen LogP contribution in [0.15, 0.2) is 12.4 Å². The van der Waals surface area contributed by atoms with Crippen molar-refractivity contribution in [3.05, 3.63) is 18.5 Å². The summed E-state index contributed by atoms with van der Waals surface area (Å²) in [7, 11) is -7.33. The van der Waals surface area contributed by atoms with Crippen molar-refractivity contribution < 1.29 is 34.1 Å². The van der Waals surface area contributed by atoms with E-state index in [-0.39, 0.29) is 6.08 Å². The molecule has 0 atom stereocenters. The maximum absolute atomic E-state index is 12.4. The molecule has 2 nitrogen and oxygen atoms in total. The monoisotopic (exact) mass is 260 g/mol. The molecular formula is C5H8F7N2P. The number of aryl methyl sites for hydroxylation is 2. The molecule has 0 N–H and O–H groups in total. The third-order valence-electron chi connectivity index (χ3n) is 1.10. The minimum atomic E-state index is -10.7. The molecule has 0 aliphatic heterocycles. The van der Waals surface area contributed by atoms with Gasteiger partial charge in [-0.3, -0.25) is 0 Å². The van der Waals surface area contributed by atoms with Gasteiger partial charge < -0.3 is 0 Å². The van der Waals surface area contributed by atoms with E-state index in [4.69, 9.17) is 0 Å². The van der Waals surface area contributed by atoms with Crippen LogP contribution in [-0.4, -0.2) is 4.57 Å². The van der Waals surface area contributed by atoms with Crippen molar-refractivity contribution in [2.75, 3.05) is 0 Å². The summed E-state index contributed by atoms with van der Waals surface area (Å²) >= 11 is 0. The fourth-order valence-corrected chi connectivity index (χ4v) is 0.572. The van der Waals surface area contributed by atoms with Crippen molar-refractivity contribution in [3.8, 4) is 0 Å². The fraction of sp³-hybridized carbons (Fsp3) is 0.400. The van der Waals surface area contributed by atoms with Gasteiger partial charge in [-0.2, -0.15) is 0 Å². The first-order chi connectivity index (χ1) is 6.16. The molecule has 0 unspecified atom stereocenters. The molecule has 0 radical (unpaired) electrons. The number of aromatic nitrogens is 2. The summed E-state index contributed by atoms with van der Waals surface area (Å²) in [5, 5.41) is 0. The molecule has 0 bridgehead atoms. The molecule has 1 aromatic rings. The Morgan fingerprint density at radius 3 is 1.53 bits per heavy atom. The molecule has 0 aliphatic rings. The van der Waals surface area contributed by atoms with Gasteiger partial charge in [0.25, 0.3) is 0 Å². The van der Waals surface area contributed by atoms with Crippen molar-refractivity contribution in [2.45, 2.75) is 0 Å². The van der Waals surface area contributed by atoms with Crippen LogP contribution in [0.25, 0.3) is 0 Å². The van der Waals surface area contributed by atoms with Gasteiger partial charge in [0.15, 0.2) is 0 Å². The Morgan fingerprint density at radius 2 is 1.47 bits per heavy atom. The van der Waals surface area contributed by atoms with Crippen LogP contribution >= 0.6 is 7.81 Å². The first-order valence-electron chi connectivity index (χ1n) is 3.39. The van der Waals surface area contributed by atoms with Gasteiger partial charge in [-0.25, -0.2) is 9.13 Å². The number of halogens is 7. The normalized spacial score (nSPS) is 16.1. The van der Waals surface area contributed by atoms with Gasteiger partial charge in [0.1, 0.15) is 12.4 Å². The fourth-order valence-electron chi connectivity index (χ4n) is 0.572. The van der Waals surface area contributed by atoms with Gasteiger partial charge in [0.2, 0.25) is 0 Å². The van der Waals surface area contributed by atoms with Crippen LogP contribution in [0, 0.1) is 6.08 Å². The van der Waals surface area contributed by atoms with Crippen LogP contribution in [0.5, 0.6) is 0 Å². The molecule has 0 aromatic carbocycles. The summed E-state index contributed by atoms with van der Waals surface area (Å²) in [4.78, 5) is 0. The molecule has 1 rings (SSSR count). The van der Waals surface area contributed by atoms with Gasteiger partial charge in [0, 0.05) is 0 Å². The van der Waals surface area contributed by atoms with Crippen molar-refractivity contribution in [3.63, 3.8) is 0 Å². The van der Waals surface area contributed by atoms with Gasteiger partial charge in [-0.1, -0.05) is 0 Å². The molecule has 0 saturated heterocycles. The van der Waals surface area contributed by atoms with Crippen LogP contribution in [0.4, 0.5) is 29.6 Å². The average Bonchev–Trinajstić information content (AvgIpc) is 2.13. The molecule has 0 aliphatic carbocycles. The molecule has 0 spiro atoms. The Hall–Kier alpha value is -0.850.